The summed E-state index contributed by atoms with van der Waals surface area (Å²) in [6.45, 7) is 4.10. The fourth-order valence-corrected chi connectivity index (χ4v) is 4.37. The smallest absolute Gasteiger partial charge is 0.338 e. The van der Waals surface area contributed by atoms with Crippen molar-refractivity contribution in [1.29, 1.82) is 0 Å². The molecule has 0 spiro atoms. The van der Waals surface area contributed by atoms with Crippen LogP contribution < -0.4 is 0 Å². The van der Waals surface area contributed by atoms with E-state index in [1.165, 1.54) is 44.8 Å². The number of sulfonamides is 1. The van der Waals surface area contributed by atoms with Gasteiger partial charge in [-0.3, -0.25) is 4.79 Å². The Hall–Kier alpha value is -1.93. The molecule has 2 rings (SSSR count). The van der Waals surface area contributed by atoms with Crippen molar-refractivity contribution >= 4 is 21.9 Å². The molecule has 1 atom stereocenters. The highest BCUT2D eigenvalue weighted by atomic mass is 32.2. The average Bonchev–Trinajstić information content (AvgIpc) is 2.69. The van der Waals surface area contributed by atoms with Crippen molar-refractivity contribution in [3.63, 3.8) is 0 Å². The molecule has 1 saturated carbocycles. The first-order chi connectivity index (χ1) is 13.2. The number of rotatable bonds is 7. The van der Waals surface area contributed by atoms with Crippen LogP contribution in [0.4, 0.5) is 0 Å². The van der Waals surface area contributed by atoms with Gasteiger partial charge >= 0.3 is 5.97 Å². The van der Waals surface area contributed by atoms with Crippen LogP contribution in [0.25, 0.3) is 0 Å². The number of hydrogen-bond donors (Lipinski definition) is 0. The SMILES string of the molecule is CCN(C(=O)[C@H](C)OC(=O)c1ccc(S(=O)(=O)N(C)C)cc1)C1CCCCC1. The first-order valence-electron chi connectivity index (χ1n) is 9.72. The zero-order valence-corrected chi connectivity index (χ0v) is 17.9. The van der Waals surface area contributed by atoms with Gasteiger partial charge in [-0.25, -0.2) is 17.5 Å². The topological polar surface area (TPSA) is 84.0 Å². The lowest BCUT2D eigenvalue weighted by atomic mass is 9.94. The molecule has 1 aliphatic rings. The van der Waals surface area contributed by atoms with Gasteiger partial charge < -0.3 is 9.64 Å². The van der Waals surface area contributed by atoms with Crippen LogP contribution in [0.3, 0.4) is 0 Å². The van der Waals surface area contributed by atoms with E-state index in [2.05, 4.69) is 0 Å². The van der Waals surface area contributed by atoms with E-state index in [1.807, 2.05) is 11.8 Å². The van der Waals surface area contributed by atoms with Gasteiger partial charge in [-0.1, -0.05) is 19.3 Å². The van der Waals surface area contributed by atoms with Crippen molar-refractivity contribution in [3.8, 4) is 0 Å². The molecule has 1 aliphatic carbocycles. The molecule has 0 unspecified atom stereocenters. The van der Waals surface area contributed by atoms with Crippen LogP contribution in [0.2, 0.25) is 0 Å². The molecule has 8 heteroatoms. The summed E-state index contributed by atoms with van der Waals surface area (Å²) in [4.78, 5) is 27.1. The molecule has 1 aromatic carbocycles. The van der Waals surface area contributed by atoms with Gasteiger partial charge in [0.15, 0.2) is 6.10 Å². The standard InChI is InChI=1S/C20H30N2O5S/c1-5-22(17-9-7-6-8-10-17)19(23)15(2)27-20(24)16-11-13-18(14-12-16)28(25,26)21(3)4/h11-15,17H,5-10H2,1-4H3/t15-/m0/s1. The Morgan fingerprint density at radius 3 is 2.18 bits per heavy atom. The Balaban J connectivity index is 2.03. The molecule has 0 saturated heterocycles. The summed E-state index contributed by atoms with van der Waals surface area (Å²) in [5.74, 6) is -0.830. The second-order valence-corrected chi connectivity index (χ2v) is 9.43. The molecule has 0 heterocycles. The molecular weight excluding hydrogens is 380 g/mol. The van der Waals surface area contributed by atoms with Crippen molar-refractivity contribution < 1.29 is 22.7 Å². The van der Waals surface area contributed by atoms with Crippen molar-refractivity contribution in [2.24, 2.45) is 0 Å². The first kappa shape index (κ1) is 22.4. The summed E-state index contributed by atoms with van der Waals surface area (Å²) < 4.78 is 30.7. The number of ether oxygens (including phenoxy) is 1. The van der Waals surface area contributed by atoms with Crippen molar-refractivity contribution in [2.45, 2.75) is 63.0 Å². The van der Waals surface area contributed by atoms with Gasteiger partial charge in [0.05, 0.1) is 10.5 Å². The first-order valence-corrected chi connectivity index (χ1v) is 11.2. The molecule has 0 radical (unpaired) electrons. The van der Waals surface area contributed by atoms with Gasteiger partial charge in [-0.15, -0.1) is 0 Å². The average molecular weight is 411 g/mol. The molecule has 0 aliphatic heterocycles. The van der Waals surface area contributed by atoms with Crippen molar-refractivity contribution in [1.82, 2.24) is 9.21 Å². The predicted octanol–water partition coefficient (Wildman–Crippen LogP) is 2.66. The van der Waals surface area contributed by atoms with E-state index in [4.69, 9.17) is 4.74 Å². The van der Waals surface area contributed by atoms with Gasteiger partial charge in [0.25, 0.3) is 5.91 Å². The molecule has 1 fully saturated rings. The number of esters is 1. The quantitative estimate of drug-likeness (QED) is 0.645. The lowest BCUT2D eigenvalue weighted by molar-refractivity contribution is -0.142. The predicted molar refractivity (Wildman–Crippen MR) is 106 cm³/mol. The zero-order valence-electron chi connectivity index (χ0n) is 17.1. The Bertz CT molecular complexity index is 783. The molecule has 1 amide bonds. The molecule has 28 heavy (non-hydrogen) atoms. The maximum Gasteiger partial charge on any atom is 0.338 e. The van der Waals surface area contributed by atoms with Crippen LogP contribution in [-0.4, -0.2) is 62.3 Å². The molecule has 0 N–H and O–H groups in total. The van der Waals surface area contributed by atoms with Gasteiger partial charge in [-0.2, -0.15) is 0 Å². The van der Waals surface area contributed by atoms with Crippen LogP contribution in [0.1, 0.15) is 56.3 Å². The van der Waals surface area contributed by atoms with Crippen LogP contribution >= 0.6 is 0 Å². The van der Waals surface area contributed by atoms with Crippen molar-refractivity contribution in [3.05, 3.63) is 29.8 Å². The van der Waals surface area contributed by atoms with Gasteiger partial charge in [-0.05, 0) is 51.0 Å². The second kappa shape index (κ2) is 9.52. The Morgan fingerprint density at radius 2 is 1.68 bits per heavy atom. The minimum absolute atomic E-state index is 0.0904. The highest BCUT2D eigenvalue weighted by molar-refractivity contribution is 7.89. The molecule has 7 nitrogen and oxygen atoms in total. The lowest BCUT2D eigenvalue weighted by Gasteiger charge is -2.35. The molecule has 1 aromatic rings. The summed E-state index contributed by atoms with van der Waals surface area (Å²) in [6.07, 6.45) is 4.52. The normalized spacial score (nSPS) is 16.6. The number of nitrogens with zero attached hydrogens (tertiary/aromatic N) is 2. The number of carbonyl (C=O) groups excluding carboxylic acids is 2. The van der Waals surface area contributed by atoms with Crippen LogP contribution in [0.5, 0.6) is 0 Å². The summed E-state index contributed by atoms with van der Waals surface area (Å²) in [7, 11) is -0.680. The maximum absolute atomic E-state index is 12.8. The number of amides is 1. The van der Waals surface area contributed by atoms with E-state index in [0.29, 0.717) is 6.54 Å². The van der Waals surface area contributed by atoms with E-state index >= 15 is 0 Å². The highest BCUT2D eigenvalue weighted by Gasteiger charge is 2.29. The minimum atomic E-state index is -3.56. The summed E-state index contributed by atoms with van der Waals surface area (Å²) in [5.41, 5.74) is 0.207. The summed E-state index contributed by atoms with van der Waals surface area (Å²) >= 11 is 0. The van der Waals surface area contributed by atoms with Crippen LogP contribution in [0, 0.1) is 0 Å². The third-order valence-corrected chi connectivity index (χ3v) is 6.97. The molecular formula is C20H30N2O5S. The highest BCUT2D eigenvalue weighted by Crippen LogP contribution is 2.23. The summed E-state index contributed by atoms with van der Waals surface area (Å²) in [6, 6.07) is 5.73. The number of benzene rings is 1. The minimum Gasteiger partial charge on any atom is -0.449 e. The zero-order chi connectivity index (χ0) is 20.9. The van der Waals surface area contributed by atoms with Gasteiger partial charge in [0.2, 0.25) is 10.0 Å². The Labute approximate surface area is 167 Å². The maximum atomic E-state index is 12.8. The van der Waals surface area contributed by atoms with Crippen LogP contribution in [0.15, 0.2) is 29.2 Å². The van der Waals surface area contributed by atoms with Gasteiger partial charge in [0, 0.05) is 26.7 Å². The summed E-state index contributed by atoms with van der Waals surface area (Å²) in [5, 5.41) is 0. The second-order valence-electron chi connectivity index (χ2n) is 7.28. The largest absolute Gasteiger partial charge is 0.449 e. The number of carbonyl (C=O) groups is 2. The number of hydrogen-bond acceptors (Lipinski definition) is 5. The van der Waals surface area contributed by atoms with E-state index in [-0.39, 0.29) is 22.4 Å². The third-order valence-electron chi connectivity index (χ3n) is 5.14. The van der Waals surface area contributed by atoms with E-state index in [1.54, 1.807) is 6.92 Å². The van der Waals surface area contributed by atoms with Crippen LogP contribution in [-0.2, 0) is 19.6 Å². The molecule has 0 aromatic heterocycles. The Morgan fingerprint density at radius 1 is 1.11 bits per heavy atom. The van der Waals surface area contributed by atoms with E-state index < -0.39 is 22.1 Å². The van der Waals surface area contributed by atoms with E-state index in [0.717, 1.165) is 30.0 Å². The molecule has 156 valence electrons. The van der Waals surface area contributed by atoms with Crippen molar-refractivity contribution in [2.75, 3.05) is 20.6 Å². The van der Waals surface area contributed by atoms with Gasteiger partial charge in [0.1, 0.15) is 0 Å². The third kappa shape index (κ3) is 5.11. The molecule has 0 bridgehead atoms. The lowest BCUT2D eigenvalue weighted by Crippen LogP contribution is -2.46. The number of likely N-dealkylation sites (N-methyl/N-ethyl adjacent to an activating group) is 1. The van der Waals surface area contributed by atoms with E-state index in [9.17, 15) is 18.0 Å². The monoisotopic (exact) mass is 410 g/mol. The fourth-order valence-electron chi connectivity index (χ4n) is 3.47. The Kier molecular flexibility index (Phi) is 7.60. The fraction of sp³-hybridized carbons (Fsp3) is 0.600.